The van der Waals surface area contributed by atoms with E-state index in [0.29, 0.717) is 30.2 Å². The second-order valence-electron chi connectivity index (χ2n) is 5.93. The first-order valence-corrected chi connectivity index (χ1v) is 8.85. The van der Waals surface area contributed by atoms with Crippen LogP contribution in [0.3, 0.4) is 0 Å². The van der Waals surface area contributed by atoms with Gasteiger partial charge in [-0.1, -0.05) is 23.7 Å². The molecule has 0 atom stereocenters. The maximum Gasteiger partial charge on any atom is 0.220 e. The number of amides is 1. The number of para-hydroxylation sites is 1. The third kappa shape index (κ3) is 7.23. The maximum atomic E-state index is 11.8. The van der Waals surface area contributed by atoms with Gasteiger partial charge in [-0.15, -0.1) is 0 Å². The van der Waals surface area contributed by atoms with E-state index in [-0.39, 0.29) is 5.91 Å². The Kier molecular flexibility index (Phi) is 8.26. The number of hydrogen-bond donors (Lipinski definition) is 1. The van der Waals surface area contributed by atoms with E-state index >= 15 is 0 Å². The van der Waals surface area contributed by atoms with Crippen LogP contribution in [0.2, 0.25) is 5.02 Å². The minimum Gasteiger partial charge on any atom is -0.492 e. The molecule has 1 aromatic rings. The lowest BCUT2D eigenvalue weighted by Gasteiger charge is -2.21. The van der Waals surface area contributed by atoms with E-state index in [1.807, 2.05) is 18.2 Å². The zero-order valence-corrected chi connectivity index (χ0v) is 14.3. The Hall–Kier alpha value is -1.26. The number of benzene rings is 1. The number of hydrogen-bond acceptors (Lipinski definition) is 3. The first-order valence-electron chi connectivity index (χ1n) is 8.47. The minimum absolute atomic E-state index is 0.0970. The zero-order valence-electron chi connectivity index (χ0n) is 13.6. The van der Waals surface area contributed by atoms with Crippen LogP contribution in [0.5, 0.6) is 5.75 Å². The summed E-state index contributed by atoms with van der Waals surface area (Å²) in [5, 5.41) is 3.58. The normalized spacial score (nSPS) is 15.3. The molecule has 1 heterocycles. The largest absolute Gasteiger partial charge is 0.492 e. The highest BCUT2D eigenvalue weighted by atomic mass is 35.5. The van der Waals surface area contributed by atoms with Gasteiger partial charge in [0.2, 0.25) is 5.91 Å². The molecule has 1 aliphatic rings. The molecule has 1 aromatic carbocycles. The van der Waals surface area contributed by atoms with E-state index in [1.165, 1.54) is 6.42 Å². The predicted octanol–water partition coefficient (Wildman–Crippen LogP) is 3.82. The summed E-state index contributed by atoms with van der Waals surface area (Å²) in [6.07, 6.45) is 5.73. The molecule has 2 rings (SSSR count). The number of nitrogens with one attached hydrogen (secondary N) is 1. The Balaban J connectivity index is 1.47. The Labute approximate surface area is 143 Å². The average Bonchev–Trinajstić information content (AvgIpc) is 2.58. The fourth-order valence-electron chi connectivity index (χ4n) is 2.72. The molecule has 0 saturated carbocycles. The molecule has 0 bridgehead atoms. The molecule has 0 aromatic heterocycles. The van der Waals surface area contributed by atoms with Crippen molar-refractivity contribution in [2.24, 2.45) is 5.92 Å². The molecule has 1 saturated heterocycles. The van der Waals surface area contributed by atoms with Gasteiger partial charge in [-0.25, -0.2) is 0 Å². The third-order valence-electron chi connectivity index (χ3n) is 4.09. The molecule has 0 radical (unpaired) electrons. The molecule has 0 aliphatic carbocycles. The lowest BCUT2D eigenvalue weighted by molar-refractivity contribution is -0.121. The fourth-order valence-corrected chi connectivity index (χ4v) is 2.91. The minimum atomic E-state index is 0.0970. The summed E-state index contributed by atoms with van der Waals surface area (Å²) in [5.74, 6) is 1.54. The van der Waals surface area contributed by atoms with Gasteiger partial charge in [-0.3, -0.25) is 4.79 Å². The van der Waals surface area contributed by atoms with Gasteiger partial charge in [0.05, 0.1) is 11.6 Å². The van der Waals surface area contributed by atoms with Crippen LogP contribution in [0.25, 0.3) is 0 Å². The summed E-state index contributed by atoms with van der Waals surface area (Å²) in [6.45, 7) is 3.05. The van der Waals surface area contributed by atoms with Crippen LogP contribution in [0.15, 0.2) is 24.3 Å². The van der Waals surface area contributed by atoms with Crippen molar-refractivity contribution >= 4 is 17.5 Å². The van der Waals surface area contributed by atoms with Crippen LogP contribution in [-0.2, 0) is 9.53 Å². The maximum absolute atomic E-state index is 11.8. The standard InChI is InChI=1S/C18H26ClNO3/c19-16-6-1-2-7-17(16)23-12-4-8-18(21)20-11-3-5-15-9-13-22-14-10-15/h1-2,6-7,15H,3-5,8-14H2,(H,20,21). The van der Waals surface area contributed by atoms with E-state index in [9.17, 15) is 4.79 Å². The van der Waals surface area contributed by atoms with Crippen LogP contribution in [0.4, 0.5) is 0 Å². The third-order valence-corrected chi connectivity index (χ3v) is 4.41. The van der Waals surface area contributed by atoms with Crippen LogP contribution >= 0.6 is 11.6 Å². The summed E-state index contributed by atoms with van der Waals surface area (Å²) in [5.41, 5.74) is 0. The van der Waals surface area contributed by atoms with Crippen molar-refractivity contribution in [3.05, 3.63) is 29.3 Å². The number of carbonyl (C=O) groups excluding carboxylic acids is 1. The van der Waals surface area contributed by atoms with E-state index in [1.54, 1.807) is 6.07 Å². The van der Waals surface area contributed by atoms with Crippen molar-refractivity contribution in [3.63, 3.8) is 0 Å². The number of rotatable bonds is 9. The average molecular weight is 340 g/mol. The molecule has 5 heteroatoms. The monoisotopic (exact) mass is 339 g/mol. The molecule has 1 aliphatic heterocycles. The summed E-state index contributed by atoms with van der Waals surface area (Å²) < 4.78 is 10.9. The highest BCUT2D eigenvalue weighted by Crippen LogP contribution is 2.23. The number of carbonyl (C=O) groups is 1. The lowest BCUT2D eigenvalue weighted by Crippen LogP contribution is -2.25. The van der Waals surface area contributed by atoms with Gasteiger partial charge < -0.3 is 14.8 Å². The van der Waals surface area contributed by atoms with E-state index in [4.69, 9.17) is 21.1 Å². The van der Waals surface area contributed by atoms with Crippen molar-refractivity contribution in [3.8, 4) is 5.75 Å². The smallest absolute Gasteiger partial charge is 0.220 e. The van der Waals surface area contributed by atoms with Gasteiger partial charge in [-0.05, 0) is 50.2 Å². The summed E-state index contributed by atoms with van der Waals surface area (Å²) in [6, 6.07) is 7.37. The molecule has 4 nitrogen and oxygen atoms in total. The topological polar surface area (TPSA) is 47.6 Å². The quantitative estimate of drug-likeness (QED) is 0.696. The molecule has 0 unspecified atom stereocenters. The summed E-state index contributed by atoms with van der Waals surface area (Å²) in [7, 11) is 0. The fraction of sp³-hybridized carbons (Fsp3) is 0.611. The van der Waals surface area contributed by atoms with E-state index in [2.05, 4.69) is 5.32 Å². The van der Waals surface area contributed by atoms with Crippen molar-refractivity contribution in [1.82, 2.24) is 5.32 Å². The lowest BCUT2D eigenvalue weighted by atomic mass is 9.95. The molecule has 0 spiro atoms. The van der Waals surface area contributed by atoms with E-state index < -0.39 is 0 Å². The van der Waals surface area contributed by atoms with Crippen LogP contribution in [0.1, 0.15) is 38.5 Å². The van der Waals surface area contributed by atoms with Crippen molar-refractivity contribution < 1.29 is 14.3 Å². The Morgan fingerprint density at radius 1 is 1.26 bits per heavy atom. The molecule has 1 amide bonds. The highest BCUT2D eigenvalue weighted by molar-refractivity contribution is 6.32. The molecule has 1 fully saturated rings. The van der Waals surface area contributed by atoms with Crippen molar-refractivity contribution in [1.29, 1.82) is 0 Å². The van der Waals surface area contributed by atoms with Crippen molar-refractivity contribution in [2.75, 3.05) is 26.4 Å². The second kappa shape index (κ2) is 10.5. The van der Waals surface area contributed by atoms with Gasteiger partial charge in [-0.2, -0.15) is 0 Å². The van der Waals surface area contributed by atoms with Crippen molar-refractivity contribution in [2.45, 2.75) is 38.5 Å². The first-order chi connectivity index (χ1) is 11.3. The SMILES string of the molecule is O=C(CCCOc1ccccc1Cl)NCCCC1CCOCC1. The van der Waals surface area contributed by atoms with Crippen LogP contribution in [0, 0.1) is 5.92 Å². The molecular weight excluding hydrogens is 314 g/mol. The molecule has 128 valence electrons. The van der Waals surface area contributed by atoms with Gasteiger partial charge in [0.25, 0.3) is 0 Å². The molecule has 1 N–H and O–H groups in total. The first kappa shape index (κ1) is 18.1. The Morgan fingerprint density at radius 3 is 2.83 bits per heavy atom. The number of ether oxygens (including phenoxy) is 2. The summed E-state index contributed by atoms with van der Waals surface area (Å²) >= 11 is 6.00. The second-order valence-corrected chi connectivity index (χ2v) is 6.34. The highest BCUT2D eigenvalue weighted by Gasteiger charge is 2.13. The van der Waals surface area contributed by atoms with E-state index in [0.717, 1.165) is 44.9 Å². The Bertz CT molecular complexity index is 475. The Morgan fingerprint density at radius 2 is 2.04 bits per heavy atom. The summed E-state index contributed by atoms with van der Waals surface area (Å²) in [4.78, 5) is 11.8. The molecular formula is C18H26ClNO3. The van der Waals surface area contributed by atoms with Crippen LogP contribution in [-0.4, -0.2) is 32.3 Å². The van der Waals surface area contributed by atoms with Gasteiger partial charge >= 0.3 is 0 Å². The predicted molar refractivity (Wildman–Crippen MR) is 92.0 cm³/mol. The van der Waals surface area contributed by atoms with Gasteiger partial charge in [0.15, 0.2) is 0 Å². The zero-order chi connectivity index (χ0) is 16.3. The van der Waals surface area contributed by atoms with Gasteiger partial charge in [0.1, 0.15) is 5.75 Å². The van der Waals surface area contributed by atoms with Gasteiger partial charge in [0, 0.05) is 26.2 Å². The number of halogens is 1. The van der Waals surface area contributed by atoms with Crippen LogP contribution < -0.4 is 10.1 Å². The molecule has 23 heavy (non-hydrogen) atoms.